The second kappa shape index (κ2) is 5.06. The van der Waals surface area contributed by atoms with Crippen LogP contribution in [0.3, 0.4) is 0 Å². The van der Waals surface area contributed by atoms with Crippen LogP contribution in [0.1, 0.15) is 5.56 Å². The van der Waals surface area contributed by atoms with Gasteiger partial charge in [-0.05, 0) is 56.6 Å². The van der Waals surface area contributed by atoms with Crippen molar-refractivity contribution in [1.82, 2.24) is 0 Å². The Labute approximate surface area is 156 Å². The first kappa shape index (κ1) is 14.3. The molecule has 5 aromatic rings. The van der Waals surface area contributed by atoms with E-state index in [0.717, 1.165) is 0 Å². The topological polar surface area (TPSA) is 0 Å². The van der Waals surface area contributed by atoms with E-state index in [1.807, 2.05) is 11.3 Å². The Bertz CT molecular complexity index is 1340. The zero-order valence-electron chi connectivity index (χ0n) is 14.4. The van der Waals surface area contributed by atoms with Gasteiger partial charge >= 0.3 is 0 Å². The summed E-state index contributed by atoms with van der Waals surface area (Å²) in [7, 11) is 0. The zero-order valence-corrected chi connectivity index (χ0v) is 15.2. The third-order valence-electron chi connectivity index (χ3n) is 5.64. The number of fused-ring (bicyclic) bond motifs is 5. The Morgan fingerprint density at radius 2 is 1.31 bits per heavy atom. The molecule has 6 rings (SSSR count). The number of hydrogen-bond donors (Lipinski definition) is 0. The highest BCUT2D eigenvalue weighted by Crippen LogP contribution is 2.56. The highest BCUT2D eigenvalue weighted by molar-refractivity contribution is 7.14. The molecule has 0 N–H and O–H groups in total. The fourth-order valence-electron chi connectivity index (χ4n) is 4.55. The fourth-order valence-corrected chi connectivity index (χ4v) is 5.48. The molecule has 0 aliphatic heterocycles. The Morgan fingerprint density at radius 3 is 2.19 bits per heavy atom. The molecule has 0 saturated carbocycles. The van der Waals surface area contributed by atoms with Crippen LogP contribution in [0, 0.1) is 6.92 Å². The Balaban J connectivity index is 1.95. The van der Waals surface area contributed by atoms with Crippen LogP contribution in [0.5, 0.6) is 0 Å². The van der Waals surface area contributed by atoms with E-state index >= 15 is 0 Å². The Hall–Kier alpha value is -2.90. The third-order valence-corrected chi connectivity index (χ3v) is 6.59. The molecule has 122 valence electrons. The molecule has 1 heterocycles. The van der Waals surface area contributed by atoms with Crippen LogP contribution in [0.15, 0.2) is 78.2 Å². The summed E-state index contributed by atoms with van der Waals surface area (Å²) in [5.41, 5.74) is 8.26. The van der Waals surface area contributed by atoms with Gasteiger partial charge in [-0.15, -0.1) is 11.3 Å². The van der Waals surface area contributed by atoms with Gasteiger partial charge in [0.1, 0.15) is 0 Å². The largest absolute Gasteiger partial charge is 0.143 e. The van der Waals surface area contributed by atoms with Crippen LogP contribution in [0.2, 0.25) is 0 Å². The number of benzene rings is 4. The molecule has 0 fully saturated rings. The summed E-state index contributed by atoms with van der Waals surface area (Å²) >= 11 is 1.86. The summed E-state index contributed by atoms with van der Waals surface area (Å²) in [6.07, 6.45) is 0. The van der Waals surface area contributed by atoms with E-state index in [2.05, 4.69) is 85.1 Å². The van der Waals surface area contributed by atoms with E-state index in [1.54, 1.807) is 0 Å². The predicted molar refractivity (Wildman–Crippen MR) is 114 cm³/mol. The first-order valence-electron chi connectivity index (χ1n) is 8.96. The van der Waals surface area contributed by atoms with Gasteiger partial charge in [0.2, 0.25) is 0 Å². The van der Waals surface area contributed by atoms with Crippen LogP contribution in [-0.2, 0) is 0 Å². The second-order valence-electron chi connectivity index (χ2n) is 7.00. The smallest absolute Gasteiger partial charge is 0.0428 e. The van der Waals surface area contributed by atoms with Gasteiger partial charge in [-0.25, -0.2) is 0 Å². The Morgan fingerprint density at radius 1 is 0.577 bits per heavy atom. The average molecular weight is 348 g/mol. The normalized spacial score (nSPS) is 12.0. The molecule has 0 atom stereocenters. The lowest BCUT2D eigenvalue weighted by Gasteiger charge is -2.17. The molecule has 0 amide bonds. The molecule has 0 radical (unpaired) electrons. The van der Waals surface area contributed by atoms with Crippen molar-refractivity contribution in [2.24, 2.45) is 0 Å². The van der Waals surface area contributed by atoms with Crippen LogP contribution in [-0.4, -0.2) is 0 Å². The minimum Gasteiger partial charge on any atom is -0.143 e. The van der Waals surface area contributed by atoms with E-state index in [1.165, 1.54) is 59.8 Å². The van der Waals surface area contributed by atoms with E-state index < -0.39 is 0 Å². The van der Waals surface area contributed by atoms with Gasteiger partial charge in [0.05, 0.1) is 0 Å². The minimum atomic E-state index is 1.33. The molecule has 0 saturated heterocycles. The van der Waals surface area contributed by atoms with Crippen molar-refractivity contribution in [3.8, 4) is 32.7 Å². The fraction of sp³-hybridized carbons (Fsp3) is 0.0400. The zero-order chi connectivity index (χ0) is 17.3. The predicted octanol–water partition coefficient (Wildman–Crippen LogP) is 7.68. The van der Waals surface area contributed by atoms with E-state index in [9.17, 15) is 0 Å². The molecule has 0 unspecified atom stereocenters. The van der Waals surface area contributed by atoms with Gasteiger partial charge in [0.15, 0.2) is 0 Å². The molecule has 1 heteroatoms. The molecule has 0 nitrogen and oxygen atoms in total. The molecule has 1 aliphatic carbocycles. The first-order valence-corrected chi connectivity index (χ1v) is 9.84. The molecule has 26 heavy (non-hydrogen) atoms. The van der Waals surface area contributed by atoms with Gasteiger partial charge in [-0.3, -0.25) is 0 Å². The van der Waals surface area contributed by atoms with Crippen LogP contribution in [0.25, 0.3) is 54.2 Å². The maximum Gasteiger partial charge on any atom is 0.0428 e. The molecular formula is C25H16S. The van der Waals surface area contributed by atoms with Gasteiger partial charge in [0.25, 0.3) is 0 Å². The molecule has 0 bridgehead atoms. The number of hydrogen-bond acceptors (Lipinski definition) is 1. The second-order valence-corrected chi connectivity index (χ2v) is 7.92. The standard InChI is InChI=1S/C25H16S/c1-15-7-2-3-8-16(15)22-18-10-5-4-9-17(18)19-11-6-12-20-23(19)24(22)21-13-14-26-25(20)21/h2-14H,1H3. The van der Waals surface area contributed by atoms with Crippen molar-refractivity contribution < 1.29 is 0 Å². The van der Waals surface area contributed by atoms with Crippen molar-refractivity contribution in [1.29, 1.82) is 0 Å². The summed E-state index contributed by atoms with van der Waals surface area (Å²) in [5, 5.41) is 7.71. The third kappa shape index (κ3) is 1.69. The van der Waals surface area contributed by atoms with Gasteiger partial charge in [0, 0.05) is 21.6 Å². The molecule has 1 aliphatic rings. The highest BCUT2D eigenvalue weighted by Gasteiger charge is 2.28. The maximum absolute atomic E-state index is 2.30. The number of thiophene rings is 1. The van der Waals surface area contributed by atoms with Gasteiger partial charge in [-0.1, -0.05) is 66.7 Å². The van der Waals surface area contributed by atoms with E-state index in [0.29, 0.717) is 0 Å². The van der Waals surface area contributed by atoms with Crippen molar-refractivity contribution in [3.63, 3.8) is 0 Å². The SMILES string of the molecule is Cc1ccccc1-c1c2c3c(cccc3c3ccccc13)-c1sccc1-2. The summed E-state index contributed by atoms with van der Waals surface area (Å²) in [6.45, 7) is 2.22. The lowest BCUT2D eigenvalue weighted by atomic mass is 9.86. The van der Waals surface area contributed by atoms with Crippen molar-refractivity contribution in [2.75, 3.05) is 0 Å². The van der Waals surface area contributed by atoms with Crippen molar-refractivity contribution >= 4 is 32.9 Å². The van der Waals surface area contributed by atoms with Crippen molar-refractivity contribution in [2.45, 2.75) is 6.92 Å². The highest BCUT2D eigenvalue weighted by atomic mass is 32.1. The van der Waals surface area contributed by atoms with Gasteiger partial charge in [-0.2, -0.15) is 0 Å². The minimum absolute atomic E-state index is 1.33. The maximum atomic E-state index is 2.30. The molecule has 0 spiro atoms. The first-order chi connectivity index (χ1) is 12.8. The van der Waals surface area contributed by atoms with Crippen LogP contribution < -0.4 is 0 Å². The lowest BCUT2D eigenvalue weighted by Crippen LogP contribution is -1.90. The van der Waals surface area contributed by atoms with Crippen LogP contribution >= 0.6 is 11.3 Å². The summed E-state index contributed by atoms with van der Waals surface area (Å²) in [5.74, 6) is 0. The molecule has 1 aromatic heterocycles. The van der Waals surface area contributed by atoms with E-state index in [-0.39, 0.29) is 0 Å². The van der Waals surface area contributed by atoms with Crippen LogP contribution in [0.4, 0.5) is 0 Å². The average Bonchev–Trinajstić information content (AvgIpc) is 3.26. The summed E-state index contributed by atoms with van der Waals surface area (Å²) in [4.78, 5) is 1.41. The number of rotatable bonds is 1. The summed E-state index contributed by atoms with van der Waals surface area (Å²) < 4.78 is 0. The molecule has 4 aromatic carbocycles. The number of aryl methyl sites for hydroxylation is 1. The van der Waals surface area contributed by atoms with E-state index in [4.69, 9.17) is 0 Å². The summed E-state index contributed by atoms with van der Waals surface area (Å²) in [6, 6.07) is 26.7. The Kier molecular flexibility index (Phi) is 2.78. The molecular weight excluding hydrogens is 332 g/mol. The van der Waals surface area contributed by atoms with Crippen molar-refractivity contribution in [3.05, 3.63) is 83.7 Å². The monoisotopic (exact) mass is 348 g/mol. The van der Waals surface area contributed by atoms with Gasteiger partial charge < -0.3 is 0 Å². The lowest BCUT2D eigenvalue weighted by molar-refractivity contribution is 1.47. The quantitative estimate of drug-likeness (QED) is 0.267.